The topological polar surface area (TPSA) is 151 Å². The number of hydrogen-bond acceptors (Lipinski definition) is 6. The monoisotopic (exact) mass is 559 g/mol. The molecule has 2 aliphatic rings. The fourth-order valence-corrected chi connectivity index (χ4v) is 5.94. The number of hydrogen-bond donors (Lipinski definition) is 4. The quantitative estimate of drug-likeness (QED) is 0.297. The molecule has 1 aromatic carbocycles. The fourth-order valence-electron chi connectivity index (χ4n) is 5.94. The molecule has 0 saturated carbocycles. The second-order valence-electron chi connectivity index (χ2n) is 11.1. The highest BCUT2D eigenvalue weighted by Gasteiger charge is 2.43. The van der Waals surface area contributed by atoms with Crippen molar-refractivity contribution >= 4 is 23.5 Å². The molecule has 1 aliphatic carbocycles. The Hall–Kier alpha value is -4.28. The van der Waals surface area contributed by atoms with Crippen LogP contribution >= 0.6 is 0 Å². The van der Waals surface area contributed by atoms with Gasteiger partial charge in [-0.05, 0) is 36.0 Å². The molecule has 5 atom stereocenters. The molecule has 1 unspecified atom stereocenters. The van der Waals surface area contributed by atoms with E-state index in [0.29, 0.717) is 31.5 Å². The molecule has 0 saturated heterocycles. The van der Waals surface area contributed by atoms with Crippen LogP contribution in [0.4, 0.5) is 0 Å². The standard InChI is InChI=1S/C30H37N7O4/c1-3-18(2)27(34-25(39)13-19-7-5-4-6-8-19)30(41)33-23-10-9-20-11-12-37-17-21(14-24(38)26(23)28(20)37)29(40)31-15-22-16-32-36-35-22/h4-8,11-12,16,18,21,23,26-27H,3,9-10,13-15,17H2,1-2H3,(H,31,40)(H,33,41)(H,34,39)(H,32,35,36)/t18-,21-,23-,26?,27-/m0/s1. The number of aryl methyl sites for hydroxylation is 1. The van der Waals surface area contributed by atoms with E-state index in [1.807, 2.05) is 61.0 Å². The van der Waals surface area contributed by atoms with Crippen LogP contribution in [0.2, 0.25) is 0 Å². The van der Waals surface area contributed by atoms with E-state index < -0.39 is 23.9 Å². The van der Waals surface area contributed by atoms with Crippen LogP contribution in [0.1, 0.15) is 61.5 Å². The molecule has 11 nitrogen and oxygen atoms in total. The third kappa shape index (κ3) is 6.39. The van der Waals surface area contributed by atoms with Crippen molar-refractivity contribution in [3.05, 3.63) is 71.3 Å². The largest absolute Gasteiger partial charge is 0.350 e. The summed E-state index contributed by atoms with van der Waals surface area (Å²) in [5.41, 5.74) is 3.43. The Kier molecular flexibility index (Phi) is 8.61. The van der Waals surface area contributed by atoms with Crippen LogP contribution in [-0.4, -0.2) is 55.6 Å². The summed E-state index contributed by atoms with van der Waals surface area (Å²) in [5, 5.41) is 19.2. The number of nitrogens with zero attached hydrogens (tertiary/aromatic N) is 3. The Bertz CT molecular complexity index is 1380. The number of H-pyrrole nitrogens is 1. The highest BCUT2D eigenvalue weighted by atomic mass is 16.2. The van der Waals surface area contributed by atoms with Gasteiger partial charge in [-0.15, -0.1) is 0 Å². The van der Waals surface area contributed by atoms with Crippen LogP contribution in [-0.2, 0) is 45.1 Å². The lowest BCUT2D eigenvalue weighted by molar-refractivity contribution is -0.132. The van der Waals surface area contributed by atoms with Crippen molar-refractivity contribution in [1.29, 1.82) is 0 Å². The number of carbonyl (C=O) groups is 4. The van der Waals surface area contributed by atoms with Crippen molar-refractivity contribution in [2.24, 2.45) is 11.8 Å². The van der Waals surface area contributed by atoms with Crippen molar-refractivity contribution in [3.8, 4) is 0 Å². The van der Waals surface area contributed by atoms with Gasteiger partial charge >= 0.3 is 0 Å². The number of Topliss-reactive ketones (excluding diaryl/α,β-unsaturated/α-hetero) is 1. The van der Waals surface area contributed by atoms with E-state index >= 15 is 0 Å². The summed E-state index contributed by atoms with van der Waals surface area (Å²) < 4.78 is 2.00. The highest BCUT2D eigenvalue weighted by molar-refractivity contribution is 5.93. The number of nitrogens with one attached hydrogen (secondary N) is 4. The molecule has 0 radical (unpaired) electrons. The Balaban J connectivity index is 1.29. The zero-order chi connectivity index (χ0) is 28.9. The van der Waals surface area contributed by atoms with Gasteiger partial charge in [0.05, 0.1) is 31.0 Å². The maximum absolute atomic E-state index is 13.7. The molecule has 2 aromatic heterocycles. The number of rotatable bonds is 10. The number of amides is 3. The van der Waals surface area contributed by atoms with Crippen LogP contribution in [0.3, 0.4) is 0 Å². The van der Waals surface area contributed by atoms with E-state index in [1.54, 1.807) is 0 Å². The highest BCUT2D eigenvalue weighted by Crippen LogP contribution is 2.38. The summed E-state index contributed by atoms with van der Waals surface area (Å²) in [5.74, 6) is -1.99. The lowest BCUT2D eigenvalue weighted by Gasteiger charge is -2.34. The van der Waals surface area contributed by atoms with Gasteiger partial charge < -0.3 is 20.5 Å². The van der Waals surface area contributed by atoms with Gasteiger partial charge in [0.15, 0.2) is 0 Å². The van der Waals surface area contributed by atoms with E-state index in [4.69, 9.17) is 0 Å². The number of aromatic nitrogens is 4. The zero-order valence-electron chi connectivity index (χ0n) is 23.4. The van der Waals surface area contributed by atoms with Gasteiger partial charge in [0.25, 0.3) is 0 Å². The van der Waals surface area contributed by atoms with E-state index in [9.17, 15) is 19.2 Å². The average Bonchev–Trinajstić information content (AvgIpc) is 3.61. The number of aromatic amines is 1. The third-order valence-electron chi connectivity index (χ3n) is 8.35. The predicted octanol–water partition coefficient (Wildman–Crippen LogP) is 1.80. The van der Waals surface area contributed by atoms with Crippen LogP contribution in [0.25, 0.3) is 0 Å². The van der Waals surface area contributed by atoms with Gasteiger partial charge in [-0.1, -0.05) is 50.6 Å². The molecule has 0 spiro atoms. The van der Waals surface area contributed by atoms with Crippen molar-refractivity contribution in [2.45, 2.75) is 77.0 Å². The van der Waals surface area contributed by atoms with Gasteiger partial charge in [-0.3, -0.25) is 19.2 Å². The number of ketones is 1. The van der Waals surface area contributed by atoms with Crippen molar-refractivity contribution in [3.63, 3.8) is 0 Å². The van der Waals surface area contributed by atoms with Gasteiger partial charge in [-0.25, -0.2) is 0 Å². The smallest absolute Gasteiger partial charge is 0.243 e. The lowest BCUT2D eigenvalue weighted by Crippen LogP contribution is -2.55. The molecule has 3 aromatic rings. The first-order chi connectivity index (χ1) is 19.8. The Morgan fingerprint density at radius 1 is 1.17 bits per heavy atom. The molecule has 0 fully saturated rings. The van der Waals surface area contributed by atoms with Gasteiger partial charge in [-0.2, -0.15) is 15.4 Å². The molecule has 0 bridgehead atoms. The second kappa shape index (κ2) is 12.5. The summed E-state index contributed by atoms with van der Waals surface area (Å²) in [4.78, 5) is 53.3. The zero-order valence-corrected chi connectivity index (χ0v) is 23.4. The summed E-state index contributed by atoms with van der Waals surface area (Å²) in [7, 11) is 0. The van der Waals surface area contributed by atoms with E-state index in [2.05, 4.69) is 31.4 Å². The first kappa shape index (κ1) is 28.3. The Morgan fingerprint density at radius 2 is 1.98 bits per heavy atom. The minimum Gasteiger partial charge on any atom is -0.350 e. The summed E-state index contributed by atoms with van der Waals surface area (Å²) in [6, 6.07) is 10.3. The molecule has 216 valence electrons. The first-order valence-electron chi connectivity index (χ1n) is 14.3. The SMILES string of the molecule is CC[C@H](C)[C@H](NC(=O)Cc1ccccc1)C(=O)N[C@H]1CCc2ccn3c2C1C(=O)C[C@H](C(=O)NCc1cn[nH]n1)C3. The van der Waals surface area contributed by atoms with E-state index in [0.717, 1.165) is 16.8 Å². The van der Waals surface area contributed by atoms with Gasteiger partial charge in [0.1, 0.15) is 17.5 Å². The maximum Gasteiger partial charge on any atom is 0.243 e. The van der Waals surface area contributed by atoms with Gasteiger partial charge in [0.2, 0.25) is 17.7 Å². The molecule has 1 aliphatic heterocycles. The normalized spacial score (nSPS) is 21.2. The van der Waals surface area contributed by atoms with E-state index in [-0.39, 0.29) is 48.8 Å². The van der Waals surface area contributed by atoms with Crippen molar-refractivity contribution in [1.82, 2.24) is 35.9 Å². The number of benzene rings is 1. The molecular weight excluding hydrogens is 522 g/mol. The fraction of sp³-hybridized carbons (Fsp3) is 0.467. The van der Waals surface area contributed by atoms with Crippen molar-refractivity contribution < 1.29 is 19.2 Å². The molecule has 4 N–H and O–H groups in total. The van der Waals surface area contributed by atoms with Gasteiger partial charge in [0, 0.05) is 30.9 Å². The predicted molar refractivity (Wildman–Crippen MR) is 150 cm³/mol. The second-order valence-corrected chi connectivity index (χ2v) is 11.1. The minimum absolute atomic E-state index is 0.0662. The third-order valence-corrected chi connectivity index (χ3v) is 8.35. The summed E-state index contributed by atoms with van der Waals surface area (Å²) in [6.07, 6.45) is 5.76. The van der Waals surface area contributed by atoms with Crippen LogP contribution < -0.4 is 16.0 Å². The van der Waals surface area contributed by atoms with Crippen LogP contribution in [0, 0.1) is 11.8 Å². The van der Waals surface area contributed by atoms with Crippen LogP contribution in [0.15, 0.2) is 48.8 Å². The van der Waals surface area contributed by atoms with Crippen molar-refractivity contribution in [2.75, 3.05) is 0 Å². The molecular formula is C30H37N7O4. The average molecular weight is 560 g/mol. The van der Waals surface area contributed by atoms with E-state index in [1.165, 1.54) is 6.20 Å². The first-order valence-corrected chi connectivity index (χ1v) is 14.3. The molecule has 41 heavy (non-hydrogen) atoms. The molecule has 5 rings (SSSR count). The summed E-state index contributed by atoms with van der Waals surface area (Å²) >= 11 is 0. The minimum atomic E-state index is -0.722. The number of carbonyl (C=O) groups excluding carboxylic acids is 4. The molecule has 11 heteroatoms. The summed E-state index contributed by atoms with van der Waals surface area (Å²) in [6.45, 7) is 4.53. The Morgan fingerprint density at radius 3 is 2.71 bits per heavy atom. The molecule has 3 amide bonds. The molecule has 3 heterocycles. The lowest BCUT2D eigenvalue weighted by atomic mass is 9.79. The van der Waals surface area contributed by atoms with Crippen LogP contribution in [0.5, 0.6) is 0 Å². The Labute approximate surface area is 238 Å². The maximum atomic E-state index is 13.7.